The van der Waals surface area contributed by atoms with Crippen molar-refractivity contribution in [3.05, 3.63) is 29.8 Å². The lowest BCUT2D eigenvalue weighted by atomic mass is 10.0. The van der Waals surface area contributed by atoms with Gasteiger partial charge in [0, 0.05) is 13.1 Å². The number of likely N-dealkylation sites (tertiary alicyclic amines) is 1. The Morgan fingerprint density at radius 2 is 1.95 bits per heavy atom. The van der Waals surface area contributed by atoms with Crippen LogP contribution in [0, 0.1) is 5.92 Å². The van der Waals surface area contributed by atoms with E-state index in [1.165, 1.54) is 0 Å². The fourth-order valence-electron chi connectivity index (χ4n) is 2.44. The van der Waals surface area contributed by atoms with Gasteiger partial charge in [0.15, 0.2) is 0 Å². The van der Waals surface area contributed by atoms with Gasteiger partial charge in [-0.05, 0) is 44.0 Å². The van der Waals surface area contributed by atoms with Gasteiger partial charge in [0.1, 0.15) is 11.9 Å². The highest BCUT2D eigenvalue weighted by Crippen LogP contribution is 2.20. The van der Waals surface area contributed by atoms with Crippen LogP contribution in [0.3, 0.4) is 0 Å². The number of piperidine rings is 1. The number of nitrogens with zero attached hydrogens (tertiary/aromatic N) is 1. The molecule has 1 fully saturated rings. The van der Waals surface area contributed by atoms with Crippen LogP contribution in [-0.2, 0) is 11.2 Å². The van der Waals surface area contributed by atoms with E-state index >= 15 is 0 Å². The Labute approximate surface area is 120 Å². The van der Waals surface area contributed by atoms with Gasteiger partial charge in [0.05, 0.1) is 5.92 Å². The maximum absolute atomic E-state index is 10.8. The van der Waals surface area contributed by atoms with Crippen LogP contribution in [0.25, 0.3) is 0 Å². The Bertz CT molecular complexity index is 436. The summed E-state index contributed by atoms with van der Waals surface area (Å²) in [4.78, 5) is 13.1. The van der Waals surface area contributed by atoms with Gasteiger partial charge in [-0.3, -0.25) is 4.79 Å². The molecule has 1 aliphatic rings. The second kappa shape index (κ2) is 6.75. The first-order valence-electron chi connectivity index (χ1n) is 7.21. The molecule has 0 aliphatic carbocycles. The molecule has 1 aromatic carbocycles. The smallest absolute Gasteiger partial charge is 0.306 e. The molecular weight excluding hydrogens is 254 g/mol. The zero-order valence-electron chi connectivity index (χ0n) is 12.2. The Morgan fingerprint density at radius 3 is 2.50 bits per heavy atom. The molecule has 1 unspecified atom stereocenters. The molecule has 1 N–H and O–H groups in total. The third kappa shape index (κ3) is 4.23. The van der Waals surface area contributed by atoms with E-state index in [9.17, 15) is 4.79 Å². The molecule has 0 spiro atoms. The van der Waals surface area contributed by atoms with Crippen LogP contribution in [0.2, 0.25) is 0 Å². The predicted octanol–water partition coefficient (Wildman–Crippen LogP) is 2.42. The molecule has 4 nitrogen and oxygen atoms in total. The van der Waals surface area contributed by atoms with Gasteiger partial charge in [0.2, 0.25) is 0 Å². The van der Waals surface area contributed by atoms with E-state index in [2.05, 4.69) is 11.9 Å². The Kier molecular flexibility index (Phi) is 5.01. The van der Waals surface area contributed by atoms with Crippen molar-refractivity contribution in [1.82, 2.24) is 4.90 Å². The summed E-state index contributed by atoms with van der Waals surface area (Å²) in [7, 11) is 2.13. The van der Waals surface area contributed by atoms with Crippen LogP contribution >= 0.6 is 0 Å². The van der Waals surface area contributed by atoms with Crippen molar-refractivity contribution in [3.8, 4) is 5.75 Å². The van der Waals surface area contributed by atoms with Crippen LogP contribution in [0.5, 0.6) is 5.75 Å². The zero-order valence-corrected chi connectivity index (χ0v) is 12.2. The maximum Gasteiger partial charge on any atom is 0.306 e. The van der Waals surface area contributed by atoms with Crippen molar-refractivity contribution in [3.63, 3.8) is 0 Å². The molecule has 110 valence electrons. The lowest BCUT2D eigenvalue weighted by molar-refractivity contribution is -0.141. The third-order valence-electron chi connectivity index (χ3n) is 3.86. The summed E-state index contributed by atoms with van der Waals surface area (Å²) in [6, 6.07) is 7.82. The monoisotopic (exact) mass is 277 g/mol. The number of hydrogen-bond acceptors (Lipinski definition) is 3. The SMILES string of the molecule is CC(Cc1ccc(OC2CCN(C)CC2)cc1)C(=O)O. The number of carboxylic acid groups (broad SMARTS) is 1. The Hall–Kier alpha value is -1.55. The first-order chi connectivity index (χ1) is 9.54. The molecule has 4 heteroatoms. The summed E-state index contributed by atoms with van der Waals surface area (Å²) in [6.45, 7) is 3.89. The lowest BCUT2D eigenvalue weighted by Gasteiger charge is -2.29. The molecule has 1 atom stereocenters. The third-order valence-corrected chi connectivity index (χ3v) is 3.86. The fourth-order valence-corrected chi connectivity index (χ4v) is 2.44. The van der Waals surface area contributed by atoms with Gasteiger partial charge in [-0.2, -0.15) is 0 Å². The molecule has 0 saturated carbocycles. The second-order valence-corrected chi connectivity index (χ2v) is 5.71. The number of carboxylic acids is 1. The highest BCUT2D eigenvalue weighted by Gasteiger charge is 2.18. The van der Waals surface area contributed by atoms with Crippen LogP contribution in [0.4, 0.5) is 0 Å². The van der Waals surface area contributed by atoms with E-state index in [1.807, 2.05) is 24.3 Å². The highest BCUT2D eigenvalue weighted by molar-refractivity contribution is 5.69. The minimum Gasteiger partial charge on any atom is -0.490 e. The quantitative estimate of drug-likeness (QED) is 0.898. The number of benzene rings is 1. The minimum absolute atomic E-state index is 0.301. The van der Waals surface area contributed by atoms with E-state index in [-0.39, 0.29) is 5.92 Å². The van der Waals surface area contributed by atoms with E-state index in [0.29, 0.717) is 12.5 Å². The molecule has 0 radical (unpaired) electrons. The van der Waals surface area contributed by atoms with Gasteiger partial charge in [-0.1, -0.05) is 19.1 Å². The number of ether oxygens (including phenoxy) is 1. The van der Waals surface area contributed by atoms with E-state index < -0.39 is 5.97 Å². The number of rotatable bonds is 5. The van der Waals surface area contributed by atoms with Gasteiger partial charge >= 0.3 is 5.97 Å². The molecule has 0 amide bonds. The van der Waals surface area contributed by atoms with Gasteiger partial charge < -0.3 is 14.7 Å². The van der Waals surface area contributed by atoms with E-state index in [0.717, 1.165) is 37.2 Å². The average molecular weight is 277 g/mol. The molecule has 0 aromatic heterocycles. The molecule has 0 bridgehead atoms. The number of aliphatic carboxylic acids is 1. The van der Waals surface area contributed by atoms with Crippen LogP contribution < -0.4 is 4.74 Å². The van der Waals surface area contributed by atoms with Crippen molar-refractivity contribution in [2.45, 2.75) is 32.3 Å². The van der Waals surface area contributed by atoms with Crippen LogP contribution in [-0.4, -0.2) is 42.2 Å². The maximum atomic E-state index is 10.8. The van der Waals surface area contributed by atoms with Crippen molar-refractivity contribution in [2.24, 2.45) is 5.92 Å². The summed E-state index contributed by atoms with van der Waals surface area (Å²) < 4.78 is 5.97. The second-order valence-electron chi connectivity index (χ2n) is 5.71. The molecule has 20 heavy (non-hydrogen) atoms. The summed E-state index contributed by atoms with van der Waals surface area (Å²) in [5.41, 5.74) is 1.04. The molecular formula is C16H23NO3. The van der Waals surface area contributed by atoms with Crippen LogP contribution in [0.15, 0.2) is 24.3 Å². The van der Waals surface area contributed by atoms with Crippen molar-refractivity contribution in [2.75, 3.05) is 20.1 Å². The largest absolute Gasteiger partial charge is 0.490 e. The van der Waals surface area contributed by atoms with Crippen molar-refractivity contribution in [1.29, 1.82) is 0 Å². The summed E-state index contributed by atoms with van der Waals surface area (Å²) in [5.74, 6) is -0.224. The lowest BCUT2D eigenvalue weighted by Crippen LogP contribution is -2.35. The topological polar surface area (TPSA) is 49.8 Å². The molecule has 1 aromatic rings. The average Bonchev–Trinajstić information content (AvgIpc) is 2.43. The van der Waals surface area contributed by atoms with Gasteiger partial charge in [0.25, 0.3) is 0 Å². The Balaban J connectivity index is 1.86. The molecule has 1 saturated heterocycles. The molecule has 1 aliphatic heterocycles. The molecule has 1 heterocycles. The predicted molar refractivity (Wildman–Crippen MR) is 78.1 cm³/mol. The van der Waals surface area contributed by atoms with Crippen molar-refractivity contribution >= 4 is 5.97 Å². The summed E-state index contributed by atoms with van der Waals surface area (Å²) >= 11 is 0. The normalized spacial score (nSPS) is 18.7. The molecule has 2 rings (SSSR count). The van der Waals surface area contributed by atoms with E-state index in [1.54, 1.807) is 6.92 Å². The van der Waals surface area contributed by atoms with Crippen molar-refractivity contribution < 1.29 is 14.6 Å². The summed E-state index contributed by atoms with van der Waals surface area (Å²) in [6.07, 6.45) is 2.99. The van der Waals surface area contributed by atoms with Gasteiger partial charge in [-0.25, -0.2) is 0 Å². The highest BCUT2D eigenvalue weighted by atomic mass is 16.5. The van der Waals surface area contributed by atoms with E-state index in [4.69, 9.17) is 9.84 Å². The van der Waals surface area contributed by atoms with Crippen LogP contribution in [0.1, 0.15) is 25.3 Å². The summed E-state index contributed by atoms with van der Waals surface area (Å²) in [5, 5.41) is 8.91. The fraction of sp³-hybridized carbons (Fsp3) is 0.562. The first kappa shape index (κ1) is 14.9. The standard InChI is InChI=1S/C16H23NO3/c1-12(16(18)19)11-13-3-5-14(6-4-13)20-15-7-9-17(2)10-8-15/h3-6,12,15H,7-11H2,1-2H3,(H,18,19). The minimum atomic E-state index is -0.753. The number of hydrogen-bond donors (Lipinski definition) is 1. The zero-order chi connectivity index (χ0) is 14.5. The first-order valence-corrected chi connectivity index (χ1v) is 7.21. The van der Waals surface area contributed by atoms with Gasteiger partial charge in [-0.15, -0.1) is 0 Å². The number of carbonyl (C=O) groups is 1. The Morgan fingerprint density at radius 1 is 1.35 bits per heavy atom.